The van der Waals surface area contributed by atoms with Gasteiger partial charge in [0, 0.05) is 22.3 Å². The molecule has 17 heavy (non-hydrogen) atoms. The molecule has 1 heterocycles. The van der Waals surface area contributed by atoms with Crippen LogP contribution >= 0.6 is 11.3 Å². The van der Waals surface area contributed by atoms with Gasteiger partial charge in [-0.25, -0.2) is 0 Å². The number of hydrogen-bond acceptors (Lipinski definition) is 4. The first kappa shape index (κ1) is 11.6. The van der Waals surface area contributed by atoms with Crippen molar-refractivity contribution in [3.63, 3.8) is 0 Å². The SMILES string of the molecule is Cc1c(NCc2cncs2)cccc1C(N)=O. The molecule has 5 heteroatoms. The topological polar surface area (TPSA) is 68.0 Å². The number of rotatable bonds is 4. The number of thiazole rings is 1. The Balaban J connectivity index is 2.16. The minimum Gasteiger partial charge on any atom is -0.380 e. The summed E-state index contributed by atoms with van der Waals surface area (Å²) in [5.41, 5.74) is 9.45. The molecule has 0 fully saturated rings. The summed E-state index contributed by atoms with van der Waals surface area (Å²) >= 11 is 1.59. The molecule has 88 valence electrons. The van der Waals surface area contributed by atoms with Crippen LogP contribution in [0.15, 0.2) is 29.9 Å². The molecular formula is C12H13N3OS. The number of nitrogens with two attached hydrogens (primary N) is 1. The van der Waals surface area contributed by atoms with Crippen molar-refractivity contribution >= 4 is 22.9 Å². The quantitative estimate of drug-likeness (QED) is 0.870. The molecule has 4 nitrogen and oxygen atoms in total. The predicted molar refractivity (Wildman–Crippen MR) is 69.1 cm³/mol. The molecule has 2 rings (SSSR count). The van der Waals surface area contributed by atoms with E-state index in [4.69, 9.17) is 5.73 Å². The molecule has 3 N–H and O–H groups in total. The second-order valence-electron chi connectivity index (χ2n) is 3.66. The van der Waals surface area contributed by atoms with E-state index in [1.807, 2.05) is 25.3 Å². The maximum absolute atomic E-state index is 11.2. The number of carbonyl (C=O) groups is 1. The zero-order valence-corrected chi connectivity index (χ0v) is 10.3. The number of nitrogens with one attached hydrogen (secondary N) is 1. The van der Waals surface area contributed by atoms with E-state index in [9.17, 15) is 4.79 Å². The number of benzene rings is 1. The van der Waals surface area contributed by atoms with Crippen molar-refractivity contribution in [2.24, 2.45) is 5.73 Å². The van der Waals surface area contributed by atoms with Crippen LogP contribution in [-0.2, 0) is 6.54 Å². The minimum atomic E-state index is -0.399. The highest BCUT2D eigenvalue weighted by Gasteiger charge is 2.08. The first-order chi connectivity index (χ1) is 8.18. The van der Waals surface area contributed by atoms with Crippen LogP contribution in [0.4, 0.5) is 5.69 Å². The van der Waals surface area contributed by atoms with Crippen molar-refractivity contribution in [3.05, 3.63) is 45.9 Å². The van der Waals surface area contributed by atoms with Gasteiger partial charge in [-0.1, -0.05) is 6.07 Å². The molecule has 0 unspecified atom stereocenters. The highest BCUT2D eigenvalue weighted by molar-refractivity contribution is 7.09. The fourth-order valence-corrected chi connectivity index (χ4v) is 2.14. The van der Waals surface area contributed by atoms with Gasteiger partial charge in [-0.3, -0.25) is 9.78 Å². The molecule has 1 aromatic carbocycles. The molecule has 0 radical (unpaired) electrons. The van der Waals surface area contributed by atoms with Crippen LogP contribution in [0.5, 0.6) is 0 Å². The standard InChI is InChI=1S/C12H13N3OS/c1-8-10(12(13)16)3-2-4-11(8)15-6-9-5-14-7-17-9/h2-5,7,15H,6H2,1H3,(H2,13,16). The number of aromatic nitrogens is 1. The van der Waals surface area contributed by atoms with Gasteiger partial charge in [0.25, 0.3) is 0 Å². The Morgan fingerprint density at radius 1 is 1.53 bits per heavy atom. The van der Waals surface area contributed by atoms with E-state index < -0.39 is 5.91 Å². The number of carbonyl (C=O) groups excluding carboxylic acids is 1. The molecule has 1 aromatic heterocycles. The Labute approximate surface area is 103 Å². The third kappa shape index (κ3) is 2.62. The number of anilines is 1. The molecule has 0 saturated carbocycles. The number of primary amides is 1. The van der Waals surface area contributed by atoms with Gasteiger partial charge in [-0.05, 0) is 24.6 Å². The lowest BCUT2D eigenvalue weighted by Crippen LogP contribution is -2.13. The second kappa shape index (κ2) is 4.97. The minimum absolute atomic E-state index is 0.399. The van der Waals surface area contributed by atoms with E-state index in [1.165, 1.54) is 0 Å². The van der Waals surface area contributed by atoms with E-state index in [0.717, 1.165) is 16.1 Å². The first-order valence-electron chi connectivity index (χ1n) is 5.19. The maximum Gasteiger partial charge on any atom is 0.249 e. The number of amides is 1. The van der Waals surface area contributed by atoms with Crippen LogP contribution in [0, 0.1) is 6.92 Å². The molecule has 1 amide bonds. The lowest BCUT2D eigenvalue weighted by molar-refractivity contribution is 0.1000. The summed E-state index contributed by atoms with van der Waals surface area (Å²) in [5, 5.41) is 3.27. The summed E-state index contributed by atoms with van der Waals surface area (Å²) in [6, 6.07) is 5.49. The van der Waals surface area contributed by atoms with E-state index in [-0.39, 0.29) is 0 Å². The highest BCUT2D eigenvalue weighted by Crippen LogP contribution is 2.19. The van der Waals surface area contributed by atoms with Gasteiger partial charge in [0.1, 0.15) is 0 Å². The summed E-state index contributed by atoms with van der Waals surface area (Å²) in [6.45, 7) is 2.59. The van der Waals surface area contributed by atoms with Gasteiger partial charge in [0.2, 0.25) is 5.91 Å². The van der Waals surface area contributed by atoms with Crippen LogP contribution in [0.2, 0.25) is 0 Å². The predicted octanol–water partition coefficient (Wildman–Crippen LogP) is 2.16. The first-order valence-corrected chi connectivity index (χ1v) is 6.07. The van der Waals surface area contributed by atoms with Crippen molar-refractivity contribution in [1.29, 1.82) is 0 Å². The van der Waals surface area contributed by atoms with E-state index in [0.29, 0.717) is 12.1 Å². The molecule has 0 aliphatic carbocycles. The molecular weight excluding hydrogens is 234 g/mol. The average Bonchev–Trinajstić information content (AvgIpc) is 2.80. The Morgan fingerprint density at radius 3 is 3.00 bits per heavy atom. The van der Waals surface area contributed by atoms with Gasteiger partial charge in [0.15, 0.2) is 0 Å². The normalized spacial score (nSPS) is 10.2. The van der Waals surface area contributed by atoms with Gasteiger partial charge in [-0.2, -0.15) is 0 Å². The van der Waals surface area contributed by atoms with Gasteiger partial charge in [0.05, 0.1) is 12.1 Å². The zero-order chi connectivity index (χ0) is 12.3. The summed E-state index contributed by atoms with van der Waals surface area (Å²) < 4.78 is 0. The van der Waals surface area contributed by atoms with Gasteiger partial charge < -0.3 is 11.1 Å². The monoisotopic (exact) mass is 247 g/mol. The summed E-state index contributed by atoms with van der Waals surface area (Å²) in [5.74, 6) is -0.399. The van der Waals surface area contributed by atoms with E-state index in [2.05, 4.69) is 10.3 Å². The molecule has 0 aliphatic rings. The fraction of sp³-hybridized carbons (Fsp3) is 0.167. The van der Waals surface area contributed by atoms with Crippen LogP contribution in [-0.4, -0.2) is 10.9 Å². The lowest BCUT2D eigenvalue weighted by Gasteiger charge is -2.10. The summed E-state index contributed by atoms with van der Waals surface area (Å²) in [7, 11) is 0. The summed E-state index contributed by atoms with van der Waals surface area (Å²) in [6.07, 6.45) is 1.82. The van der Waals surface area contributed by atoms with Crippen LogP contribution in [0.3, 0.4) is 0 Å². The Bertz CT molecular complexity index is 523. The largest absolute Gasteiger partial charge is 0.380 e. The highest BCUT2D eigenvalue weighted by atomic mass is 32.1. The molecule has 0 spiro atoms. The number of hydrogen-bond donors (Lipinski definition) is 2. The molecule has 0 bridgehead atoms. The molecule has 0 saturated heterocycles. The smallest absolute Gasteiger partial charge is 0.249 e. The zero-order valence-electron chi connectivity index (χ0n) is 9.43. The Morgan fingerprint density at radius 2 is 2.35 bits per heavy atom. The van der Waals surface area contributed by atoms with Gasteiger partial charge in [-0.15, -0.1) is 11.3 Å². The van der Waals surface area contributed by atoms with Crippen molar-refractivity contribution in [1.82, 2.24) is 4.98 Å². The van der Waals surface area contributed by atoms with Gasteiger partial charge >= 0.3 is 0 Å². The van der Waals surface area contributed by atoms with Crippen molar-refractivity contribution in [2.45, 2.75) is 13.5 Å². The second-order valence-corrected chi connectivity index (χ2v) is 4.63. The van der Waals surface area contributed by atoms with Crippen LogP contribution < -0.4 is 11.1 Å². The summed E-state index contributed by atoms with van der Waals surface area (Å²) in [4.78, 5) is 16.3. The lowest BCUT2D eigenvalue weighted by atomic mass is 10.1. The van der Waals surface area contributed by atoms with E-state index in [1.54, 1.807) is 22.9 Å². The molecule has 2 aromatic rings. The molecule has 0 aliphatic heterocycles. The fourth-order valence-electron chi connectivity index (χ4n) is 1.61. The third-order valence-electron chi connectivity index (χ3n) is 2.54. The Hall–Kier alpha value is -1.88. The van der Waals surface area contributed by atoms with Crippen molar-refractivity contribution < 1.29 is 4.79 Å². The number of nitrogens with zero attached hydrogens (tertiary/aromatic N) is 1. The van der Waals surface area contributed by atoms with Crippen molar-refractivity contribution in [3.8, 4) is 0 Å². The third-order valence-corrected chi connectivity index (χ3v) is 3.32. The molecule has 0 atom stereocenters. The van der Waals surface area contributed by atoms with E-state index >= 15 is 0 Å². The average molecular weight is 247 g/mol. The Kier molecular flexibility index (Phi) is 3.39. The van der Waals surface area contributed by atoms with Crippen LogP contribution in [0.1, 0.15) is 20.8 Å². The maximum atomic E-state index is 11.2. The van der Waals surface area contributed by atoms with Crippen molar-refractivity contribution in [2.75, 3.05) is 5.32 Å². The van der Waals surface area contributed by atoms with Crippen LogP contribution in [0.25, 0.3) is 0 Å².